The highest BCUT2D eigenvalue weighted by Gasteiger charge is 2.00. The summed E-state index contributed by atoms with van der Waals surface area (Å²) in [5, 5.41) is 12.5. The highest BCUT2D eigenvalue weighted by atomic mass is 15.3. The molecule has 0 spiro atoms. The molecule has 0 amide bonds. The van der Waals surface area contributed by atoms with Crippen LogP contribution in [0.3, 0.4) is 0 Å². The van der Waals surface area contributed by atoms with Crippen molar-refractivity contribution in [3.8, 4) is 6.07 Å². The lowest BCUT2D eigenvalue weighted by Gasteiger charge is -2.09. The average Bonchev–Trinajstić information content (AvgIpc) is 2.36. The number of aromatic nitrogens is 2. The van der Waals surface area contributed by atoms with E-state index in [-0.39, 0.29) is 0 Å². The maximum Gasteiger partial charge on any atom is 0.151 e. The number of hydrogen-bond acceptors (Lipinski definition) is 3. The van der Waals surface area contributed by atoms with Crippen LogP contribution in [0.5, 0.6) is 0 Å². The Morgan fingerprint density at radius 3 is 3.00 bits per heavy atom. The highest BCUT2D eigenvalue weighted by molar-refractivity contribution is 5.36. The van der Waals surface area contributed by atoms with Crippen molar-refractivity contribution >= 4 is 5.82 Å². The molecule has 0 N–H and O–H groups in total. The summed E-state index contributed by atoms with van der Waals surface area (Å²) in [5.74, 6) is 0.828. The second-order valence-corrected chi connectivity index (χ2v) is 2.36. The molecular formula is C7H10N4. The second-order valence-electron chi connectivity index (χ2n) is 2.36. The van der Waals surface area contributed by atoms with Crippen molar-refractivity contribution in [3.05, 3.63) is 12.3 Å². The van der Waals surface area contributed by atoms with Crippen LogP contribution in [-0.2, 0) is 7.05 Å². The molecule has 0 radical (unpaired) electrons. The standard InChI is InChI=1S/C7H10N4/c1-10(6-4-8)7-3-5-11(2)9-7/h3,5H,6H2,1-2H3. The van der Waals surface area contributed by atoms with Gasteiger partial charge < -0.3 is 4.90 Å². The number of nitriles is 1. The van der Waals surface area contributed by atoms with Crippen molar-refractivity contribution < 1.29 is 0 Å². The van der Waals surface area contributed by atoms with E-state index in [2.05, 4.69) is 11.2 Å². The Balaban J connectivity index is 2.70. The van der Waals surface area contributed by atoms with E-state index in [1.54, 1.807) is 9.58 Å². The van der Waals surface area contributed by atoms with E-state index < -0.39 is 0 Å². The fourth-order valence-electron chi connectivity index (χ4n) is 0.793. The molecule has 1 heterocycles. The van der Waals surface area contributed by atoms with Crippen LogP contribution >= 0.6 is 0 Å². The van der Waals surface area contributed by atoms with E-state index in [0.29, 0.717) is 6.54 Å². The second kappa shape index (κ2) is 3.06. The first kappa shape index (κ1) is 7.61. The van der Waals surface area contributed by atoms with Crippen LogP contribution < -0.4 is 4.90 Å². The van der Waals surface area contributed by atoms with Gasteiger partial charge in [-0.3, -0.25) is 4.68 Å². The van der Waals surface area contributed by atoms with Crippen LogP contribution in [0.4, 0.5) is 5.82 Å². The summed E-state index contributed by atoms with van der Waals surface area (Å²) in [6.45, 7) is 0.372. The van der Waals surface area contributed by atoms with Gasteiger partial charge in [-0.25, -0.2) is 0 Å². The summed E-state index contributed by atoms with van der Waals surface area (Å²) in [7, 11) is 3.69. The lowest BCUT2D eigenvalue weighted by molar-refractivity contribution is 0.759. The smallest absolute Gasteiger partial charge is 0.151 e. The molecule has 0 saturated carbocycles. The van der Waals surface area contributed by atoms with Crippen LogP contribution in [0.1, 0.15) is 0 Å². The molecule has 1 rings (SSSR count). The predicted octanol–water partition coefficient (Wildman–Crippen LogP) is 0.380. The van der Waals surface area contributed by atoms with E-state index in [4.69, 9.17) is 5.26 Å². The maximum absolute atomic E-state index is 8.38. The zero-order chi connectivity index (χ0) is 8.27. The quantitative estimate of drug-likeness (QED) is 0.572. The van der Waals surface area contributed by atoms with Crippen LogP contribution in [0.15, 0.2) is 12.3 Å². The summed E-state index contributed by atoms with van der Waals surface area (Å²) in [6.07, 6.45) is 1.85. The lowest BCUT2D eigenvalue weighted by Crippen LogP contribution is -2.17. The van der Waals surface area contributed by atoms with Crippen LogP contribution in [0.2, 0.25) is 0 Å². The molecule has 0 aliphatic rings. The molecule has 0 aliphatic heterocycles. The molecule has 0 unspecified atom stereocenters. The minimum absolute atomic E-state index is 0.372. The zero-order valence-corrected chi connectivity index (χ0v) is 6.65. The molecular weight excluding hydrogens is 140 g/mol. The van der Waals surface area contributed by atoms with Crippen molar-refractivity contribution in [1.82, 2.24) is 9.78 Å². The minimum atomic E-state index is 0.372. The largest absolute Gasteiger partial charge is 0.345 e. The number of rotatable bonds is 2. The Morgan fingerprint density at radius 1 is 1.82 bits per heavy atom. The molecule has 0 bridgehead atoms. The Kier molecular flexibility index (Phi) is 2.12. The van der Waals surface area contributed by atoms with Crippen LogP contribution in [0.25, 0.3) is 0 Å². The summed E-state index contributed by atoms with van der Waals surface area (Å²) in [4.78, 5) is 1.79. The third-order valence-corrected chi connectivity index (χ3v) is 1.40. The number of hydrogen-bond donors (Lipinski definition) is 0. The number of nitrogens with zero attached hydrogens (tertiary/aromatic N) is 4. The SMILES string of the molecule is CN(CC#N)c1ccn(C)n1. The Hall–Kier alpha value is -1.50. The van der Waals surface area contributed by atoms with Crippen molar-refractivity contribution in [1.29, 1.82) is 5.26 Å². The molecule has 4 heteroatoms. The number of aryl methyl sites for hydroxylation is 1. The van der Waals surface area contributed by atoms with Crippen LogP contribution in [-0.4, -0.2) is 23.4 Å². The molecule has 58 valence electrons. The van der Waals surface area contributed by atoms with Gasteiger partial charge in [-0.15, -0.1) is 0 Å². The Morgan fingerprint density at radius 2 is 2.55 bits per heavy atom. The van der Waals surface area contributed by atoms with E-state index in [9.17, 15) is 0 Å². The Labute approximate surface area is 65.7 Å². The first-order valence-corrected chi connectivity index (χ1v) is 3.32. The van der Waals surface area contributed by atoms with Gasteiger partial charge in [0, 0.05) is 26.4 Å². The topological polar surface area (TPSA) is 44.9 Å². The minimum Gasteiger partial charge on any atom is -0.345 e. The van der Waals surface area contributed by atoms with Crippen molar-refractivity contribution in [2.24, 2.45) is 7.05 Å². The molecule has 0 aliphatic carbocycles. The van der Waals surface area contributed by atoms with E-state index in [1.165, 1.54) is 0 Å². The van der Waals surface area contributed by atoms with Gasteiger partial charge in [0.15, 0.2) is 5.82 Å². The predicted molar refractivity (Wildman–Crippen MR) is 42.1 cm³/mol. The lowest BCUT2D eigenvalue weighted by atomic mass is 10.5. The van der Waals surface area contributed by atoms with Gasteiger partial charge in [-0.2, -0.15) is 10.4 Å². The summed E-state index contributed by atoms with van der Waals surface area (Å²) >= 11 is 0. The van der Waals surface area contributed by atoms with Gasteiger partial charge in [0.2, 0.25) is 0 Å². The van der Waals surface area contributed by atoms with Gasteiger partial charge in [0.05, 0.1) is 6.07 Å². The molecule has 0 saturated heterocycles. The normalized spacial score (nSPS) is 9.18. The van der Waals surface area contributed by atoms with Gasteiger partial charge in [-0.1, -0.05) is 0 Å². The van der Waals surface area contributed by atoms with E-state index >= 15 is 0 Å². The highest BCUT2D eigenvalue weighted by Crippen LogP contribution is 2.05. The zero-order valence-electron chi connectivity index (χ0n) is 6.65. The Bertz CT molecular complexity index is 270. The monoisotopic (exact) mass is 150 g/mol. The van der Waals surface area contributed by atoms with Gasteiger partial charge in [0.25, 0.3) is 0 Å². The van der Waals surface area contributed by atoms with Gasteiger partial charge in [-0.05, 0) is 0 Å². The molecule has 1 aromatic heterocycles. The first-order valence-electron chi connectivity index (χ1n) is 3.32. The molecule has 0 atom stereocenters. The van der Waals surface area contributed by atoms with E-state index in [1.807, 2.05) is 26.4 Å². The van der Waals surface area contributed by atoms with Gasteiger partial charge in [0.1, 0.15) is 6.54 Å². The molecule has 1 aromatic rings. The summed E-state index contributed by atoms with van der Waals surface area (Å²) in [6, 6.07) is 3.92. The third kappa shape index (κ3) is 1.71. The molecule has 11 heavy (non-hydrogen) atoms. The average molecular weight is 150 g/mol. The first-order chi connectivity index (χ1) is 5.24. The van der Waals surface area contributed by atoms with Crippen molar-refractivity contribution in [2.45, 2.75) is 0 Å². The maximum atomic E-state index is 8.38. The van der Waals surface area contributed by atoms with Crippen molar-refractivity contribution in [3.63, 3.8) is 0 Å². The van der Waals surface area contributed by atoms with E-state index in [0.717, 1.165) is 5.82 Å². The molecule has 4 nitrogen and oxygen atoms in total. The summed E-state index contributed by atoms with van der Waals surface area (Å²) in [5.41, 5.74) is 0. The van der Waals surface area contributed by atoms with Crippen LogP contribution in [0, 0.1) is 11.3 Å². The third-order valence-electron chi connectivity index (χ3n) is 1.40. The molecule has 0 fully saturated rings. The fraction of sp³-hybridized carbons (Fsp3) is 0.429. The van der Waals surface area contributed by atoms with Gasteiger partial charge >= 0.3 is 0 Å². The summed E-state index contributed by atoms with van der Waals surface area (Å²) < 4.78 is 1.71. The number of anilines is 1. The fourth-order valence-corrected chi connectivity index (χ4v) is 0.793. The van der Waals surface area contributed by atoms with Crippen molar-refractivity contribution in [2.75, 3.05) is 18.5 Å². The molecule has 0 aromatic carbocycles.